The van der Waals surface area contributed by atoms with Crippen LogP contribution in [-0.2, 0) is 16.0 Å². The van der Waals surface area contributed by atoms with Crippen molar-refractivity contribution >= 4 is 11.9 Å². The number of nitrogens with one attached hydrogen (secondary N) is 1. The first-order valence-corrected chi connectivity index (χ1v) is 7.46. The number of aryl methyl sites for hydroxylation is 1. The van der Waals surface area contributed by atoms with Crippen LogP contribution in [0.25, 0.3) is 0 Å². The molecule has 0 aliphatic heterocycles. The van der Waals surface area contributed by atoms with E-state index >= 15 is 0 Å². The number of methoxy groups -OCH3 is 1. The molecule has 0 saturated carbocycles. The summed E-state index contributed by atoms with van der Waals surface area (Å²) in [4.78, 5) is 27.4. The summed E-state index contributed by atoms with van der Waals surface area (Å²) in [6.45, 7) is 1.93. The Morgan fingerprint density at radius 2 is 1.96 bits per heavy atom. The molecule has 0 bridgehead atoms. The lowest BCUT2D eigenvalue weighted by atomic mass is 10.1. The molecule has 0 aliphatic carbocycles. The van der Waals surface area contributed by atoms with Gasteiger partial charge < -0.3 is 10.1 Å². The van der Waals surface area contributed by atoms with Crippen molar-refractivity contribution in [3.05, 3.63) is 65.5 Å². The summed E-state index contributed by atoms with van der Waals surface area (Å²) < 4.78 is 4.65. The molecule has 5 heteroatoms. The Hall–Kier alpha value is -2.69. The Morgan fingerprint density at radius 1 is 1.22 bits per heavy atom. The normalized spacial score (nSPS) is 11.6. The first-order chi connectivity index (χ1) is 11.1. The van der Waals surface area contributed by atoms with Crippen LogP contribution >= 0.6 is 0 Å². The van der Waals surface area contributed by atoms with E-state index in [-0.39, 0.29) is 17.9 Å². The molecule has 1 aromatic carbocycles. The van der Waals surface area contributed by atoms with Crippen LogP contribution in [-0.4, -0.2) is 24.0 Å². The van der Waals surface area contributed by atoms with Gasteiger partial charge in [-0.2, -0.15) is 0 Å². The minimum absolute atomic E-state index is 0.0154. The smallest absolute Gasteiger partial charge is 0.337 e. The quantitative estimate of drug-likeness (QED) is 0.833. The Balaban J connectivity index is 1.83. The summed E-state index contributed by atoms with van der Waals surface area (Å²) in [6, 6.07) is 10.8. The molecule has 1 atom stereocenters. The number of aromatic nitrogens is 1. The summed E-state index contributed by atoms with van der Waals surface area (Å²) in [5, 5.41) is 2.95. The van der Waals surface area contributed by atoms with Crippen LogP contribution in [0.1, 0.15) is 40.9 Å². The number of amides is 1. The van der Waals surface area contributed by atoms with E-state index in [2.05, 4.69) is 15.0 Å². The molecule has 0 unspecified atom stereocenters. The van der Waals surface area contributed by atoms with Crippen molar-refractivity contribution in [1.82, 2.24) is 10.3 Å². The van der Waals surface area contributed by atoms with Crippen molar-refractivity contribution in [2.45, 2.75) is 25.8 Å². The minimum Gasteiger partial charge on any atom is -0.465 e. The van der Waals surface area contributed by atoms with Crippen LogP contribution in [0.15, 0.2) is 48.8 Å². The fraction of sp³-hybridized carbons (Fsp3) is 0.278. The zero-order valence-corrected chi connectivity index (χ0v) is 13.3. The van der Waals surface area contributed by atoms with Crippen LogP contribution in [0, 0.1) is 0 Å². The highest BCUT2D eigenvalue weighted by molar-refractivity contribution is 5.89. The molecule has 2 aromatic rings. The van der Waals surface area contributed by atoms with Crippen molar-refractivity contribution in [3.8, 4) is 0 Å². The van der Waals surface area contributed by atoms with E-state index in [0.29, 0.717) is 18.4 Å². The lowest BCUT2D eigenvalue weighted by Crippen LogP contribution is -2.26. The summed E-state index contributed by atoms with van der Waals surface area (Å²) in [5.41, 5.74) is 2.48. The van der Waals surface area contributed by atoms with E-state index in [1.807, 2.05) is 31.2 Å². The Kier molecular flexibility index (Phi) is 5.86. The molecule has 120 valence electrons. The third-order valence-electron chi connectivity index (χ3n) is 3.58. The van der Waals surface area contributed by atoms with Gasteiger partial charge in [0.1, 0.15) is 0 Å². The van der Waals surface area contributed by atoms with Crippen LogP contribution in [0.5, 0.6) is 0 Å². The van der Waals surface area contributed by atoms with Gasteiger partial charge in [0.2, 0.25) is 5.91 Å². The molecule has 0 aliphatic rings. The van der Waals surface area contributed by atoms with Gasteiger partial charge in [0.15, 0.2) is 0 Å². The van der Waals surface area contributed by atoms with Gasteiger partial charge in [-0.1, -0.05) is 18.2 Å². The van der Waals surface area contributed by atoms with E-state index < -0.39 is 0 Å². The maximum absolute atomic E-state index is 12.0. The fourth-order valence-electron chi connectivity index (χ4n) is 2.21. The molecule has 1 heterocycles. The highest BCUT2D eigenvalue weighted by Gasteiger charge is 2.10. The Bertz CT molecular complexity index is 654. The van der Waals surface area contributed by atoms with Gasteiger partial charge in [-0.15, -0.1) is 0 Å². The van der Waals surface area contributed by atoms with Gasteiger partial charge in [-0.05, 0) is 42.7 Å². The molecule has 1 N–H and O–H groups in total. The number of esters is 1. The topological polar surface area (TPSA) is 68.3 Å². The molecular formula is C18H20N2O3. The average molecular weight is 312 g/mol. The van der Waals surface area contributed by atoms with Crippen molar-refractivity contribution in [3.63, 3.8) is 0 Å². The number of ether oxygens (including phenoxy) is 1. The SMILES string of the molecule is COC(=O)c1ccc(CCC(=O)N[C@@H](C)c2cccnc2)cc1. The fourth-order valence-corrected chi connectivity index (χ4v) is 2.21. The molecular weight excluding hydrogens is 292 g/mol. The zero-order valence-electron chi connectivity index (χ0n) is 13.3. The van der Waals surface area contributed by atoms with E-state index in [9.17, 15) is 9.59 Å². The number of pyridine rings is 1. The molecule has 0 spiro atoms. The summed E-state index contributed by atoms with van der Waals surface area (Å²) in [6.07, 6.45) is 4.46. The maximum atomic E-state index is 12.0. The highest BCUT2D eigenvalue weighted by Crippen LogP contribution is 2.11. The monoisotopic (exact) mass is 312 g/mol. The van der Waals surface area contributed by atoms with Gasteiger partial charge in [0.05, 0.1) is 18.7 Å². The average Bonchev–Trinajstić information content (AvgIpc) is 2.60. The van der Waals surface area contributed by atoms with E-state index in [0.717, 1.165) is 11.1 Å². The van der Waals surface area contributed by atoms with E-state index in [1.165, 1.54) is 7.11 Å². The number of hydrogen-bond donors (Lipinski definition) is 1. The number of carbonyl (C=O) groups is 2. The molecule has 5 nitrogen and oxygen atoms in total. The number of hydrogen-bond acceptors (Lipinski definition) is 4. The van der Waals surface area contributed by atoms with Gasteiger partial charge in [0.25, 0.3) is 0 Å². The molecule has 1 aromatic heterocycles. The van der Waals surface area contributed by atoms with Crippen LogP contribution < -0.4 is 5.32 Å². The second-order valence-corrected chi connectivity index (χ2v) is 5.26. The van der Waals surface area contributed by atoms with Crippen molar-refractivity contribution < 1.29 is 14.3 Å². The van der Waals surface area contributed by atoms with Crippen LogP contribution in [0.2, 0.25) is 0 Å². The summed E-state index contributed by atoms with van der Waals surface area (Å²) in [5.74, 6) is -0.377. The third kappa shape index (κ3) is 4.92. The first kappa shape index (κ1) is 16.7. The van der Waals surface area contributed by atoms with Crippen molar-refractivity contribution in [2.24, 2.45) is 0 Å². The standard InChI is InChI=1S/C18H20N2O3/c1-13(16-4-3-11-19-12-16)20-17(21)10-7-14-5-8-15(9-6-14)18(22)23-2/h3-6,8-9,11-13H,7,10H2,1-2H3,(H,20,21)/t13-/m0/s1. The second-order valence-electron chi connectivity index (χ2n) is 5.26. The van der Waals surface area contributed by atoms with Crippen LogP contribution in [0.3, 0.4) is 0 Å². The Morgan fingerprint density at radius 3 is 2.57 bits per heavy atom. The van der Waals surface area contributed by atoms with E-state index in [4.69, 9.17) is 0 Å². The molecule has 1 amide bonds. The number of carbonyl (C=O) groups excluding carboxylic acids is 2. The lowest BCUT2D eigenvalue weighted by Gasteiger charge is -2.13. The van der Waals surface area contributed by atoms with Crippen LogP contribution in [0.4, 0.5) is 0 Å². The van der Waals surface area contributed by atoms with Crippen molar-refractivity contribution in [2.75, 3.05) is 7.11 Å². The lowest BCUT2D eigenvalue weighted by molar-refractivity contribution is -0.121. The van der Waals surface area contributed by atoms with Gasteiger partial charge in [0, 0.05) is 18.8 Å². The zero-order chi connectivity index (χ0) is 16.7. The second kappa shape index (κ2) is 8.08. The van der Waals surface area contributed by atoms with Crippen molar-refractivity contribution in [1.29, 1.82) is 0 Å². The molecule has 0 radical (unpaired) electrons. The largest absolute Gasteiger partial charge is 0.465 e. The highest BCUT2D eigenvalue weighted by atomic mass is 16.5. The molecule has 2 rings (SSSR count). The van der Waals surface area contributed by atoms with Gasteiger partial charge in [-0.3, -0.25) is 9.78 Å². The molecule has 0 fully saturated rings. The Labute approximate surface area is 135 Å². The molecule has 23 heavy (non-hydrogen) atoms. The predicted octanol–water partition coefficient (Wildman–Crippen LogP) is 2.68. The molecule has 0 saturated heterocycles. The maximum Gasteiger partial charge on any atom is 0.337 e. The summed E-state index contributed by atoms with van der Waals surface area (Å²) >= 11 is 0. The first-order valence-electron chi connectivity index (χ1n) is 7.46. The van der Waals surface area contributed by atoms with Gasteiger partial charge in [-0.25, -0.2) is 4.79 Å². The minimum atomic E-state index is -0.361. The van der Waals surface area contributed by atoms with Gasteiger partial charge >= 0.3 is 5.97 Å². The number of nitrogens with zero attached hydrogens (tertiary/aromatic N) is 1. The third-order valence-corrected chi connectivity index (χ3v) is 3.58. The summed E-state index contributed by atoms with van der Waals surface area (Å²) in [7, 11) is 1.35. The predicted molar refractivity (Wildman–Crippen MR) is 86.9 cm³/mol. The number of benzene rings is 1. The number of rotatable bonds is 6. The van der Waals surface area contributed by atoms with E-state index in [1.54, 1.807) is 24.5 Å².